The van der Waals surface area contributed by atoms with Gasteiger partial charge in [-0.1, -0.05) is 6.07 Å². The second-order valence-electron chi connectivity index (χ2n) is 5.97. The minimum Gasteiger partial charge on any atom is -0.369 e. The van der Waals surface area contributed by atoms with Gasteiger partial charge in [-0.25, -0.2) is 27.5 Å². The molecule has 12 heteroatoms. The van der Waals surface area contributed by atoms with Gasteiger partial charge in [-0.05, 0) is 13.0 Å². The van der Waals surface area contributed by atoms with Gasteiger partial charge in [0.05, 0.1) is 6.57 Å². The SMILES string of the molecule is [C-]#[N+]c1ccc(C(=O)Nc2csc([C@]3(C)CS(=O)(=O)N(C)C(N)=N3)n2)nc1. The second kappa shape index (κ2) is 6.60. The summed E-state index contributed by atoms with van der Waals surface area (Å²) in [6.07, 6.45) is 1.30. The summed E-state index contributed by atoms with van der Waals surface area (Å²) in [5.41, 5.74) is 5.05. The van der Waals surface area contributed by atoms with Gasteiger partial charge in [-0.15, -0.1) is 11.3 Å². The Kier molecular flexibility index (Phi) is 4.58. The molecule has 3 N–H and O–H groups in total. The highest BCUT2D eigenvalue weighted by molar-refractivity contribution is 7.89. The van der Waals surface area contributed by atoms with Crippen LogP contribution in [0.3, 0.4) is 0 Å². The van der Waals surface area contributed by atoms with Crippen molar-refractivity contribution in [3.05, 3.63) is 45.8 Å². The highest BCUT2D eigenvalue weighted by atomic mass is 32.2. The third-order valence-electron chi connectivity index (χ3n) is 3.88. The van der Waals surface area contributed by atoms with Crippen LogP contribution in [0.1, 0.15) is 22.4 Å². The lowest BCUT2D eigenvalue weighted by atomic mass is 10.1. The number of sulfonamides is 1. The van der Waals surface area contributed by atoms with Gasteiger partial charge in [0, 0.05) is 18.6 Å². The van der Waals surface area contributed by atoms with Gasteiger partial charge in [0.15, 0.2) is 0 Å². The Morgan fingerprint density at radius 1 is 1.48 bits per heavy atom. The maximum absolute atomic E-state index is 12.2. The molecule has 0 radical (unpaired) electrons. The van der Waals surface area contributed by atoms with Crippen molar-refractivity contribution in [1.29, 1.82) is 0 Å². The highest BCUT2D eigenvalue weighted by Gasteiger charge is 2.42. The van der Waals surface area contributed by atoms with E-state index in [0.717, 1.165) is 4.31 Å². The normalized spacial score (nSPS) is 21.2. The number of nitrogens with one attached hydrogen (secondary N) is 1. The lowest BCUT2D eigenvalue weighted by molar-refractivity contribution is 0.102. The predicted octanol–water partition coefficient (Wildman–Crippen LogP) is 1.15. The number of nitrogens with zero attached hydrogens (tertiary/aromatic N) is 5. The Balaban J connectivity index is 1.82. The number of guanidine groups is 1. The molecule has 0 aliphatic carbocycles. The number of rotatable bonds is 3. The third kappa shape index (κ3) is 3.60. The lowest BCUT2D eigenvalue weighted by Crippen LogP contribution is -2.50. The average molecular weight is 405 g/mol. The first-order chi connectivity index (χ1) is 12.6. The van der Waals surface area contributed by atoms with Crippen LogP contribution in [0.2, 0.25) is 0 Å². The molecule has 0 bridgehead atoms. The largest absolute Gasteiger partial charge is 0.369 e. The average Bonchev–Trinajstić information content (AvgIpc) is 3.09. The molecule has 0 spiro atoms. The lowest BCUT2D eigenvalue weighted by Gasteiger charge is -2.32. The maximum Gasteiger partial charge on any atom is 0.275 e. The molecule has 1 aliphatic heterocycles. The number of nitrogens with two attached hydrogens (primary N) is 1. The molecule has 2 aromatic rings. The van der Waals surface area contributed by atoms with Crippen molar-refractivity contribution in [2.75, 3.05) is 18.1 Å². The topological polar surface area (TPSA) is 135 Å². The number of thiazole rings is 1. The molecule has 0 aromatic carbocycles. The summed E-state index contributed by atoms with van der Waals surface area (Å²) in [4.78, 5) is 27.9. The van der Waals surface area contributed by atoms with E-state index in [2.05, 4.69) is 25.1 Å². The van der Waals surface area contributed by atoms with Crippen molar-refractivity contribution in [1.82, 2.24) is 14.3 Å². The fourth-order valence-electron chi connectivity index (χ4n) is 2.40. The van der Waals surface area contributed by atoms with Crippen molar-refractivity contribution in [2.45, 2.75) is 12.5 Å². The van der Waals surface area contributed by atoms with Crippen LogP contribution in [0, 0.1) is 6.57 Å². The Bertz CT molecular complexity index is 1070. The molecular weight excluding hydrogens is 390 g/mol. The van der Waals surface area contributed by atoms with E-state index in [4.69, 9.17) is 12.3 Å². The number of aliphatic imine (C=N–C) groups is 1. The van der Waals surface area contributed by atoms with Gasteiger partial charge in [0.2, 0.25) is 21.7 Å². The summed E-state index contributed by atoms with van der Waals surface area (Å²) in [7, 11) is -2.27. The zero-order valence-corrected chi connectivity index (χ0v) is 16.0. The molecule has 27 heavy (non-hydrogen) atoms. The first kappa shape index (κ1) is 18.7. The van der Waals surface area contributed by atoms with Gasteiger partial charge >= 0.3 is 0 Å². The minimum atomic E-state index is -3.61. The van der Waals surface area contributed by atoms with Gasteiger partial charge in [-0.3, -0.25) is 9.78 Å². The van der Waals surface area contributed by atoms with Crippen LogP contribution in [0.5, 0.6) is 0 Å². The predicted molar refractivity (Wildman–Crippen MR) is 101 cm³/mol. The summed E-state index contributed by atoms with van der Waals surface area (Å²) in [6.45, 7) is 8.51. The standard InChI is InChI=1S/C15H15N7O3S2/c1-15(8-27(24,25)22(3)14(16)21-15)13-20-11(7-26-13)19-12(23)10-5-4-9(17-2)6-18-10/h4-7H,8H2,1,3H3,(H2,16,21)(H,19,23)/t15-/m0/s1. The summed E-state index contributed by atoms with van der Waals surface area (Å²) >= 11 is 1.17. The van der Waals surface area contributed by atoms with E-state index < -0.39 is 21.5 Å². The molecule has 1 aliphatic rings. The fraction of sp³-hybridized carbons (Fsp3) is 0.267. The Morgan fingerprint density at radius 2 is 2.22 bits per heavy atom. The minimum absolute atomic E-state index is 0.117. The Hall–Kier alpha value is -3.04. The van der Waals surface area contributed by atoms with E-state index in [0.29, 0.717) is 10.7 Å². The molecule has 3 rings (SSSR count). The number of aromatic nitrogens is 2. The number of pyridine rings is 1. The molecule has 0 saturated heterocycles. The molecule has 1 amide bonds. The molecular formula is C15H15N7O3S2. The van der Waals surface area contributed by atoms with Crippen LogP contribution in [0.25, 0.3) is 4.85 Å². The summed E-state index contributed by atoms with van der Waals surface area (Å²) < 4.78 is 25.4. The van der Waals surface area contributed by atoms with Crippen LogP contribution < -0.4 is 11.1 Å². The van der Waals surface area contributed by atoms with E-state index in [1.807, 2.05) is 0 Å². The molecule has 1 atom stereocenters. The van der Waals surface area contributed by atoms with Crippen LogP contribution in [0.15, 0.2) is 28.7 Å². The third-order valence-corrected chi connectivity index (χ3v) is 6.92. The van der Waals surface area contributed by atoms with Crippen molar-refractivity contribution in [3.8, 4) is 0 Å². The first-order valence-corrected chi connectivity index (χ1v) is 10.1. The smallest absolute Gasteiger partial charge is 0.275 e. The molecule has 0 unspecified atom stereocenters. The van der Waals surface area contributed by atoms with E-state index in [-0.39, 0.29) is 23.2 Å². The summed E-state index contributed by atoms with van der Waals surface area (Å²) in [6, 6.07) is 2.93. The molecule has 0 fully saturated rings. The van der Waals surface area contributed by atoms with E-state index >= 15 is 0 Å². The number of carbonyl (C=O) groups excluding carboxylic acids is 1. The molecule has 2 aromatic heterocycles. The number of hydrogen-bond acceptors (Lipinski definition) is 8. The quantitative estimate of drug-likeness (QED) is 0.735. The van der Waals surface area contributed by atoms with Gasteiger partial charge < -0.3 is 11.1 Å². The molecule has 3 heterocycles. The fourth-order valence-corrected chi connectivity index (χ4v) is 4.79. The molecule has 0 saturated carbocycles. The maximum atomic E-state index is 12.2. The van der Waals surface area contributed by atoms with E-state index in [9.17, 15) is 13.2 Å². The number of carbonyl (C=O) groups is 1. The van der Waals surface area contributed by atoms with Crippen LogP contribution in [-0.4, -0.2) is 47.4 Å². The van der Waals surface area contributed by atoms with Crippen LogP contribution in [0.4, 0.5) is 11.5 Å². The van der Waals surface area contributed by atoms with Crippen LogP contribution >= 0.6 is 11.3 Å². The monoisotopic (exact) mass is 405 g/mol. The van der Waals surface area contributed by atoms with Crippen molar-refractivity contribution in [2.24, 2.45) is 10.7 Å². The van der Waals surface area contributed by atoms with Crippen molar-refractivity contribution in [3.63, 3.8) is 0 Å². The molecule has 140 valence electrons. The second-order valence-corrected chi connectivity index (χ2v) is 8.83. The van der Waals surface area contributed by atoms with E-state index in [1.165, 1.54) is 36.7 Å². The zero-order valence-electron chi connectivity index (χ0n) is 14.4. The van der Waals surface area contributed by atoms with Crippen molar-refractivity contribution < 1.29 is 13.2 Å². The molecule has 10 nitrogen and oxygen atoms in total. The first-order valence-electron chi connectivity index (χ1n) is 7.57. The van der Waals surface area contributed by atoms with E-state index in [1.54, 1.807) is 12.3 Å². The Labute approximate surface area is 159 Å². The zero-order chi connectivity index (χ0) is 19.8. The van der Waals surface area contributed by atoms with Crippen LogP contribution in [-0.2, 0) is 15.6 Å². The number of anilines is 1. The summed E-state index contributed by atoms with van der Waals surface area (Å²) in [5, 5.41) is 4.59. The highest BCUT2D eigenvalue weighted by Crippen LogP contribution is 2.34. The number of amides is 1. The Morgan fingerprint density at radius 3 is 2.81 bits per heavy atom. The number of hydrogen-bond donors (Lipinski definition) is 2. The van der Waals surface area contributed by atoms with Gasteiger partial charge in [-0.2, -0.15) is 0 Å². The summed E-state index contributed by atoms with van der Waals surface area (Å²) in [5.74, 6) is -0.638. The van der Waals surface area contributed by atoms with Crippen molar-refractivity contribution >= 4 is 44.7 Å². The van der Waals surface area contributed by atoms with Gasteiger partial charge in [0.1, 0.15) is 27.8 Å². The van der Waals surface area contributed by atoms with Gasteiger partial charge in [0.25, 0.3) is 5.91 Å².